The monoisotopic (exact) mass is 388 g/mol. The fourth-order valence-corrected chi connectivity index (χ4v) is 3.59. The molecule has 2 heterocycles. The van der Waals surface area contributed by atoms with Crippen LogP contribution in [-0.4, -0.2) is 21.4 Å². The van der Waals surface area contributed by atoms with Gasteiger partial charge < -0.3 is 15.2 Å². The molecule has 0 spiro atoms. The number of nitrogens with one attached hydrogen (secondary N) is 2. The second-order valence-corrected chi connectivity index (χ2v) is 7.41. The van der Waals surface area contributed by atoms with Crippen LogP contribution < -0.4 is 10.6 Å². The quantitative estimate of drug-likeness (QED) is 0.653. The van der Waals surface area contributed by atoms with Gasteiger partial charge in [-0.2, -0.15) is 0 Å². The Morgan fingerprint density at radius 2 is 1.93 bits per heavy atom. The zero-order valence-corrected chi connectivity index (χ0v) is 16.2. The molecule has 4 rings (SSSR count). The summed E-state index contributed by atoms with van der Waals surface area (Å²) in [5.74, 6) is -0.178. The third kappa shape index (κ3) is 4.90. The molecule has 0 aliphatic carbocycles. The van der Waals surface area contributed by atoms with Crippen molar-refractivity contribution in [2.24, 2.45) is 5.92 Å². The molecule has 2 N–H and O–H groups in total. The molecule has 1 aliphatic heterocycles. The molecule has 0 saturated heterocycles. The van der Waals surface area contributed by atoms with Crippen LogP contribution in [0.5, 0.6) is 0 Å². The summed E-state index contributed by atoms with van der Waals surface area (Å²) >= 11 is 0. The summed E-state index contributed by atoms with van der Waals surface area (Å²) in [5, 5.41) is 5.89. The fourth-order valence-electron chi connectivity index (χ4n) is 3.59. The number of anilines is 1. The van der Waals surface area contributed by atoms with Crippen molar-refractivity contribution < 1.29 is 9.59 Å². The number of fused-ring (bicyclic) bond motifs is 1. The van der Waals surface area contributed by atoms with Crippen LogP contribution in [0.1, 0.15) is 29.5 Å². The van der Waals surface area contributed by atoms with E-state index in [1.165, 1.54) is 5.56 Å². The third-order valence-electron chi connectivity index (χ3n) is 5.27. The van der Waals surface area contributed by atoms with Crippen LogP contribution in [-0.2, 0) is 29.1 Å². The fraction of sp³-hybridized carbons (Fsp3) is 0.261. The Bertz CT molecular complexity index is 980. The van der Waals surface area contributed by atoms with Crippen LogP contribution in [0.2, 0.25) is 0 Å². The van der Waals surface area contributed by atoms with E-state index in [0.29, 0.717) is 25.8 Å². The zero-order chi connectivity index (χ0) is 20.1. The van der Waals surface area contributed by atoms with E-state index < -0.39 is 0 Å². The van der Waals surface area contributed by atoms with Gasteiger partial charge in [0.15, 0.2) is 0 Å². The summed E-state index contributed by atoms with van der Waals surface area (Å²) in [6, 6.07) is 16.0. The molecular formula is C23H24N4O2. The van der Waals surface area contributed by atoms with Gasteiger partial charge in [-0.15, -0.1) is 0 Å². The van der Waals surface area contributed by atoms with Gasteiger partial charge in [0.25, 0.3) is 0 Å². The Kier molecular flexibility index (Phi) is 5.70. The summed E-state index contributed by atoms with van der Waals surface area (Å²) in [4.78, 5) is 28.5. The molecule has 2 aromatic carbocycles. The zero-order valence-electron chi connectivity index (χ0n) is 16.2. The van der Waals surface area contributed by atoms with Crippen molar-refractivity contribution in [3.05, 3.63) is 83.9 Å². The van der Waals surface area contributed by atoms with Crippen molar-refractivity contribution in [1.82, 2.24) is 14.9 Å². The lowest BCUT2D eigenvalue weighted by atomic mass is 9.89. The molecule has 148 valence electrons. The lowest BCUT2D eigenvalue weighted by Crippen LogP contribution is -2.31. The smallest absolute Gasteiger partial charge is 0.227 e. The molecular weight excluding hydrogens is 364 g/mol. The van der Waals surface area contributed by atoms with E-state index in [9.17, 15) is 9.59 Å². The summed E-state index contributed by atoms with van der Waals surface area (Å²) in [5.41, 5.74) is 4.25. The van der Waals surface area contributed by atoms with Crippen LogP contribution >= 0.6 is 0 Å². The van der Waals surface area contributed by atoms with Crippen LogP contribution in [0.15, 0.2) is 67.3 Å². The number of nitrogens with zero attached hydrogens (tertiary/aromatic N) is 2. The van der Waals surface area contributed by atoms with E-state index in [2.05, 4.69) is 27.8 Å². The maximum absolute atomic E-state index is 12.2. The van der Waals surface area contributed by atoms with Gasteiger partial charge >= 0.3 is 0 Å². The summed E-state index contributed by atoms with van der Waals surface area (Å²) in [7, 11) is 0. The molecule has 0 radical (unpaired) electrons. The number of para-hydroxylation sites is 1. The number of benzene rings is 2. The molecule has 6 heteroatoms. The molecule has 1 aliphatic rings. The van der Waals surface area contributed by atoms with E-state index in [-0.39, 0.29) is 17.7 Å². The van der Waals surface area contributed by atoms with E-state index in [1.807, 2.05) is 47.2 Å². The van der Waals surface area contributed by atoms with Gasteiger partial charge in [-0.1, -0.05) is 42.5 Å². The summed E-state index contributed by atoms with van der Waals surface area (Å²) in [6.07, 6.45) is 7.07. The SMILES string of the molecule is O=C(CC[C@H]1Cc2ccccc2NC1=O)NCc1ccc(Cn2ccnc2)cc1. The van der Waals surface area contributed by atoms with Crippen molar-refractivity contribution in [2.75, 3.05) is 5.32 Å². The minimum atomic E-state index is -0.155. The van der Waals surface area contributed by atoms with Crippen molar-refractivity contribution in [3.63, 3.8) is 0 Å². The second kappa shape index (κ2) is 8.73. The second-order valence-electron chi connectivity index (χ2n) is 7.41. The topological polar surface area (TPSA) is 76.0 Å². The highest BCUT2D eigenvalue weighted by Crippen LogP contribution is 2.27. The van der Waals surface area contributed by atoms with Gasteiger partial charge in [0.05, 0.1) is 6.33 Å². The van der Waals surface area contributed by atoms with Gasteiger partial charge in [0.2, 0.25) is 11.8 Å². The van der Waals surface area contributed by atoms with Crippen molar-refractivity contribution in [2.45, 2.75) is 32.4 Å². The van der Waals surface area contributed by atoms with Crippen LogP contribution in [0.3, 0.4) is 0 Å². The van der Waals surface area contributed by atoms with Crippen molar-refractivity contribution in [3.8, 4) is 0 Å². The van der Waals surface area contributed by atoms with Gasteiger partial charge in [0, 0.05) is 43.5 Å². The first kappa shape index (κ1) is 18.9. The van der Waals surface area contributed by atoms with E-state index >= 15 is 0 Å². The van der Waals surface area contributed by atoms with Crippen molar-refractivity contribution >= 4 is 17.5 Å². The van der Waals surface area contributed by atoms with Gasteiger partial charge in [-0.05, 0) is 35.6 Å². The maximum Gasteiger partial charge on any atom is 0.227 e. The van der Waals surface area contributed by atoms with Crippen LogP contribution in [0, 0.1) is 5.92 Å². The number of carbonyl (C=O) groups is 2. The number of rotatable bonds is 7. The van der Waals surface area contributed by atoms with Crippen molar-refractivity contribution in [1.29, 1.82) is 0 Å². The summed E-state index contributed by atoms with van der Waals surface area (Å²) < 4.78 is 2.01. The Morgan fingerprint density at radius 3 is 2.72 bits per heavy atom. The molecule has 0 fully saturated rings. The van der Waals surface area contributed by atoms with E-state index in [4.69, 9.17) is 0 Å². The highest BCUT2D eigenvalue weighted by atomic mass is 16.2. The van der Waals surface area contributed by atoms with Gasteiger partial charge in [-0.25, -0.2) is 4.98 Å². The molecule has 3 aromatic rings. The average molecular weight is 388 g/mol. The molecule has 1 aromatic heterocycles. The standard InChI is InChI=1S/C23H24N4O2/c28-22(10-9-20-13-19-3-1-2-4-21(19)26-23(20)29)25-14-17-5-7-18(8-6-17)15-27-12-11-24-16-27/h1-8,11-12,16,20H,9-10,13-15H2,(H,25,28)(H,26,29)/t20-/m0/s1. The summed E-state index contributed by atoms with van der Waals surface area (Å²) in [6.45, 7) is 1.27. The third-order valence-corrected chi connectivity index (χ3v) is 5.27. The average Bonchev–Trinajstić information content (AvgIpc) is 3.25. The molecule has 29 heavy (non-hydrogen) atoms. The number of imidazole rings is 1. The first-order valence-electron chi connectivity index (χ1n) is 9.86. The van der Waals surface area contributed by atoms with E-state index in [1.54, 1.807) is 12.5 Å². The first-order valence-corrected chi connectivity index (χ1v) is 9.86. The Labute approximate surface area is 170 Å². The number of hydrogen-bond acceptors (Lipinski definition) is 3. The van der Waals surface area contributed by atoms with E-state index in [0.717, 1.165) is 23.4 Å². The number of aromatic nitrogens is 2. The Balaban J connectivity index is 1.23. The molecule has 0 bridgehead atoms. The Hall–Kier alpha value is -3.41. The predicted octanol–water partition coefficient (Wildman–Crippen LogP) is 3.14. The lowest BCUT2D eigenvalue weighted by Gasteiger charge is -2.24. The minimum Gasteiger partial charge on any atom is -0.352 e. The number of carbonyl (C=O) groups excluding carboxylic acids is 2. The largest absolute Gasteiger partial charge is 0.352 e. The van der Waals surface area contributed by atoms with Crippen LogP contribution in [0.4, 0.5) is 5.69 Å². The lowest BCUT2D eigenvalue weighted by molar-refractivity contribution is -0.122. The normalized spacial score (nSPS) is 15.4. The predicted molar refractivity (Wildman–Crippen MR) is 111 cm³/mol. The molecule has 2 amide bonds. The first-order chi connectivity index (χ1) is 14.2. The maximum atomic E-state index is 12.2. The molecule has 6 nitrogen and oxygen atoms in total. The number of hydrogen-bond donors (Lipinski definition) is 2. The van der Waals surface area contributed by atoms with Crippen LogP contribution in [0.25, 0.3) is 0 Å². The minimum absolute atomic E-state index is 0.00461. The molecule has 0 unspecified atom stereocenters. The molecule has 1 atom stereocenters. The Morgan fingerprint density at radius 1 is 1.14 bits per heavy atom. The number of amides is 2. The highest BCUT2D eigenvalue weighted by Gasteiger charge is 2.26. The van der Waals surface area contributed by atoms with Gasteiger partial charge in [0.1, 0.15) is 0 Å². The molecule has 0 saturated carbocycles. The van der Waals surface area contributed by atoms with Gasteiger partial charge in [-0.3, -0.25) is 9.59 Å². The highest BCUT2D eigenvalue weighted by molar-refractivity contribution is 5.96.